The van der Waals surface area contributed by atoms with Crippen LogP contribution in [0.3, 0.4) is 0 Å². The average molecular weight is 168 g/mol. The minimum Gasteiger partial charge on any atom is -0.236 e. The van der Waals surface area contributed by atoms with E-state index in [4.69, 9.17) is 11.6 Å². The van der Waals surface area contributed by atoms with Crippen molar-refractivity contribution in [3.63, 3.8) is 0 Å². The molecule has 0 amide bonds. The zero-order valence-corrected chi connectivity index (χ0v) is 7.23. The molecule has 0 bridgehead atoms. The first-order chi connectivity index (χ1) is 5.24. The summed E-state index contributed by atoms with van der Waals surface area (Å²) in [5.41, 5.74) is 3.36. The van der Waals surface area contributed by atoms with Crippen molar-refractivity contribution < 1.29 is 0 Å². The Labute approximate surface area is 72.1 Å². The first-order valence-electron chi connectivity index (χ1n) is 3.13. The number of halogens is 1. The lowest BCUT2D eigenvalue weighted by atomic mass is 10.3. The highest BCUT2D eigenvalue weighted by Crippen LogP contribution is 2.00. The molecule has 2 heteroatoms. The van der Waals surface area contributed by atoms with Gasteiger partial charge in [-0.25, -0.2) is 4.99 Å². The molecule has 0 N–H and O–H groups in total. The Bertz CT molecular complexity index is 242. The SMILES string of the molecule is C=C=C(Cl)/N=C\C(C=C)=C/C. The summed E-state index contributed by atoms with van der Waals surface area (Å²) in [6, 6.07) is 0. The molecule has 0 fully saturated rings. The second kappa shape index (κ2) is 5.72. The first-order valence-corrected chi connectivity index (χ1v) is 3.50. The van der Waals surface area contributed by atoms with E-state index >= 15 is 0 Å². The minimum absolute atomic E-state index is 0.256. The third-order valence-corrected chi connectivity index (χ3v) is 1.27. The monoisotopic (exact) mass is 167 g/mol. The Balaban J connectivity index is 4.35. The van der Waals surface area contributed by atoms with Crippen LogP contribution in [0.25, 0.3) is 0 Å². The van der Waals surface area contributed by atoms with Crippen LogP contribution in [0.1, 0.15) is 6.92 Å². The van der Waals surface area contributed by atoms with Crippen LogP contribution in [-0.4, -0.2) is 6.21 Å². The minimum atomic E-state index is 0.256. The van der Waals surface area contributed by atoms with Gasteiger partial charge in [0, 0.05) is 6.21 Å². The van der Waals surface area contributed by atoms with Crippen molar-refractivity contribution in [1.82, 2.24) is 0 Å². The first kappa shape index (κ1) is 9.96. The summed E-state index contributed by atoms with van der Waals surface area (Å²) < 4.78 is 0. The quantitative estimate of drug-likeness (QED) is 0.265. The second-order valence-electron chi connectivity index (χ2n) is 1.72. The highest BCUT2D eigenvalue weighted by Gasteiger charge is 1.83. The zero-order valence-electron chi connectivity index (χ0n) is 6.47. The third-order valence-electron chi connectivity index (χ3n) is 1.04. The Morgan fingerprint density at radius 3 is 2.64 bits per heavy atom. The highest BCUT2D eigenvalue weighted by atomic mass is 35.5. The molecule has 0 rings (SSSR count). The van der Waals surface area contributed by atoms with E-state index in [0.29, 0.717) is 0 Å². The molecule has 1 nitrogen and oxygen atoms in total. The maximum absolute atomic E-state index is 5.51. The van der Waals surface area contributed by atoms with Gasteiger partial charge in [-0.3, -0.25) is 0 Å². The topological polar surface area (TPSA) is 12.4 Å². The van der Waals surface area contributed by atoms with Gasteiger partial charge >= 0.3 is 0 Å². The fraction of sp³-hybridized carbons (Fsp3) is 0.111. The fourth-order valence-electron chi connectivity index (χ4n) is 0.422. The largest absolute Gasteiger partial charge is 0.236 e. The molecular formula is C9H10ClN. The summed E-state index contributed by atoms with van der Waals surface area (Å²) in [4.78, 5) is 3.83. The maximum atomic E-state index is 5.51. The molecule has 0 heterocycles. The van der Waals surface area contributed by atoms with E-state index in [1.165, 1.54) is 0 Å². The highest BCUT2D eigenvalue weighted by molar-refractivity contribution is 6.29. The zero-order chi connectivity index (χ0) is 8.69. The molecule has 58 valence electrons. The van der Waals surface area contributed by atoms with Gasteiger partial charge in [0.15, 0.2) is 5.16 Å². The van der Waals surface area contributed by atoms with Crippen molar-refractivity contribution in [2.45, 2.75) is 6.92 Å². The number of aliphatic imine (C=N–C) groups is 1. The van der Waals surface area contributed by atoms with Gasteiger partial charge in [-0.2, -0.15) is 0 Å². The van der Waals surface area contributed by atoms with Gasteiger partial charge in [0.1, 0.15) is 0 Å². The lowest BCUT2D eigenvalue weighted by Crippen LogP contribution is -1.76. The molecule has 0 unspecified atom stereocenters. The molecule has 0 radical (unpaired) electrons. The summed E-state index contributed by atoms with van der Waals surface area (Å²) in [5.74, 6) is 0. The summed E-state index contributed by atoms with van der Waals surface area (Å²) in [6.45, 7) is 8.82. The standard InChI is InChI=1S/C9H10ClN/c1-4-8(5-2)7-11-9(10)6-3/h4-5,7H,1,3H2,2H3/b8-5-,11-7-. The molecule has 0 aromatic carbocycles. The van der Waals surface area contributed by atoms with Crippen LogP contribution in [0.15, 0.2) is 46.8 Å². The van der Waals surface area contributed by atoms with Crippen LogP contribution in [0, 0.1) is 0 Å². The van der Waals surface area contributed by atoms with E-state index < -0.39 is 0 Å². The van der Waals surface area contributed by atoms with Crippen molar-refractivity contribution in [2.24, 2.45) is 4.99 Å². The molecule has 0 spiro atoms. The van der Waals surface area contributed by atoms with Crippen LogP contribution < -0.4 is 0 Å². The fourth-order valence-corrected chi connectivity index (χ4v) is 0.471. The number of allylic oxidation sites excluding steroid dienone is 3. The van der Waals surface area contributed by atoms with E-state index in [2.05, 4.69) is 23.9 Å². The lowest BCUT2D eigenvalue weighted by Gasteiger charge is -1.87. The van der Waals surface area contributed by atoms with Gasteiger partial charge in [-0.15, -0.1) is 0 Å². The normalized spacial score (nSPS) is 11.3. The molecule has 0 aliphatic heterocycles. The molecule has 0 aliphatic carbocycles. The number of rotatable bonds is 3. The summed E-state index contributed by atoms with van der Waals surface area (Å²) >= 11 is 5.51. The summed E-state index contributed by atoms with van der Waals surface area (Å²) in [7, 11) is 0. The van der Waals surface area contributed by atoms with Crippen LogP contribution in [0.2, 0.25) is 0 Å². The van der Waals surface area contributed by atoms with Crippen LogP contribution in [0.5, 0.6) is 0 Å². The Hall–Kier alpha value is -1.04. The third kappa shape index (κ3) is 4.38. The molecule has 0 aliphatic rings. The summed E-state index contributed by atoms with van der Waals surface area (Å²) in [6.07, 6.45) is 5.17. The van der Waals surface area contributed by atoms with Gasteiger partial charge in [0.2, 0.25) is 0 Å². The van der Waals surface area contributed by atoms with Gasteiger partial charge in [0.25, 0.3) is 0 Å². The molecule has 11 heavy (non-hydrogen) atoms. The van der Waals surface area contributed by atoms with E-state index in [-0.39, 0.29) is 5.16 Å². The maximum Gasteiger partial charge on any atom is 0.171 e. The molecular weight excluding hydrogens is 158 g/mol. The van der Waals surface area contributed by atoms with Crippen molar-refractivity contribution in [2.75, 3.05) is 0 Å². The van der Waals surface area contributed by atoms with Crippen molar-refractivity contribution >= 4 is 17.8 Å². The van der Waals surface area contributed by atoms with Crippen LogP contribution in [0.4, 0.5) is 0 Å². The second-order valence-corrected chi connectivity index (χ2v) is 2.08. The Morgan fingerprint density at radius 2 is 2.27 bits per heavy atom. The Kier molecular flexibility index (Phi) is 5.18. The number of hydrogen-bond acceptors (Lipinski definition) is 1. The van der Waals surface area contributed by atoms with Crippen molar-refractivity contribution in [1.29, 1.82) is 0 Å². The average Bonchev–Trinajstić information content (AvgIpc) is 2.06. The van der Waals surface area contributed by atoms with Gasteiger partial charge in [-0.05, 0) is 12.5 Å². The molecule has 0 aromatic rings. The Morgan fingerprint density at radius 1 is 1.64 bits per heavy atom. The van der Waals surface area contributed by atoms with Gasteiger partial charge in [0.05, 0.1) is 0 Å². The van der Waals surface area contributed by atoms with Crippen LogP contribution >= 0.6 is 11.6 Å². The molecule has 0 saturated heterocycles. The smallest absolute Gasteiger partial charge is 0.171 e. The van der Waals surface area contributed by atoms with E-state index in [1.54, 1.807) is 12.3 Å². The number of nitrogens with zero attached hydrogens (tertiary/aromatic N) is 1. The van der Waals surface area contributed by atoms with E-state index in [9.17, 15) is 0 Å². The predicted octanol–water partition coefficient (Wildman–Crippen LogP) is 3.05. The van der Waals surface area contributed by atoms with E-state index in [0.717, 1.165) is 5.57 Å². The van der Waals surface area contributed by atoms with Crippen molar-refractivity contribution in [3.05, 3.63) is 41.8 Å². The van der Waals surface area contributed by atoms with Gasteiger partial charge < -0.3 is 0 Å². The number of hydrogen-bond donors (Lipinski definition) is 0. The molecule has 0 saturated carbocycles. The lowest BCUT2D eigenvalue weighted by molar-refractivity contribution is 1.53. The summed E-state index contributed by atoms with van der Waals surface area (Å²) in [5, 5.41) is 0.256. The van der Waals surface area contributed by atoms with Crippen molar-refractivity contribution in [3.8, 4) is 0 Å². The molecule has 0 aromatic heterocycles. The van der Waals surface area contributed by atoms with Gasteiger partial charge in [-0.1, -0.05) is 42.6 Å². The predicted molar refractivity (Wildman–Crippen MR) is 51.0 cm³/mol. The molecule has 0 atom stereocenters. The van der Waals surface area contributed by atoms with E-state index in [1.807, 2.05) is 13.0 Å². The van der Waals surface area contributed by atoms with Crippen LogP contribution in [-0.2, 0) is 0 Å².